The van der Waals surface area contributed by atoms with Crippen LogP contribution >= 0.6 is 0 Å². The Hall–Kier alpha value is -1.64. The van der Waals surface area contributed by atoms with Crippen LogP contribution in [0.2, 0.25) is 0 Å². The quantitative estimate of drug-likeness (QED) is 0.770. The molecule has 0 aliphatic rings. The molecule has 0 aromatic heterocycles. The molecule has 18 heavy (non-hydrogen) atoms. The molecule has 0 N–H and O–H groups in total. The predicted octanol–water partition coefficient (Wildman–Crippen LogP) is 2.86. The third kappa shape index (κ3) is 2.78. The summed E-state index contributed by atoms with van der Waals surface area (Å²) in [6, 6.07) is 2.12. The van der Waals surface area contributed by atoms with Crippen molar-refractivity contribution in [3.05, 3.63) is 28.3 Å². The maximum absolute atomic E-state index is 12.0. The maximum atomic E-state index is 12.0. The Morgan fingerprint density at radius 1 is 1.06 bits per heavy atom. The third-order valence-electron chi connectivity index (χ3n) is 3.44. The second-order valence-electron chi connectivity index (χ2n) is 4.94. The molecular weight excluding hydrogens is 226 g/mol. The van der Waals surface area contributed by atoms with E-state index in [9.17, 15) is 9.59 Å². The van der Waals surface area contributed by atoms with Crippen molar-refractivity contribution in [1.29, 1.82) is 0 Å². The molecule has 0 spiro atoms. The lowest BCUT2D eigenvalue weighted by Crippen LogP contribution is -2.29. The highest BCUT2D eigenvalue weighted by atomic mass is 16.2. The van der Waals surface area contributed by atoms with Gasteiger partial charge in [-0.15, -0.1) is 0 Å². The number of carbonyl (C=O) groups is 2. The van der Waals surface area contributed by atoms with E-state index in [1.54, 1.807) is 11.9 Å². The van der Waals surface area contributed by atoms with E-state index >= 15 is 0 Å². The number of rotatable bonds is 3. The lowest BCUT2D eigenvalue weighted by atomic mass is 9.98. The standard InChI is InChI=1S/C15H21NO2/c1-9-7-10(2)13(5)15(12(9)4)16(6)14(18)8-11(3)17/h7H,8H2,1-6H3. The Bertz CT molecular complexity index is 477. The van der Waals surface area contributed by atoms with E-state index in [1.165, 1.54) is 6.92 Å². The summed E-state index contributed by atoms with van der Waals surface area (Å²) in [6.07, 6.45) is -0.0393. The molecule has 0 saturated carbocycles. The number of carbonyl (C=O) groups excluding carboxylic acids is 2. The highest BCUT2D eigenvalue weighted by Gasteiger charge is 2.18. The second kappa shape index (κ2) is 5.34. The molecule has 0 bridgehead atoms. The Balaban J connectivity index is 3.24. The number of aryl methyl sites for hydroxylation is 2. The van der Waals surface area contributed by atoms with Gasteiger partial charge in [-0.05, 0) is 56.9 Å². The number of Topliss-reactive ketones (excluding diaryl/α,β-unsaturated/α-hetero) is 1. The SMILES string of the molecule is CC(=O)CC(=O)N(C)c1c(C)c(C)cc(C)c1C. The van der Waals surface area contributed by atoms with Gasteiger partial charge in [-0.25, -0.2) is 0 Å². The summed E-state index contributed by atoms with van der Waals surface area (Å²) >= 11 is 0. The van der Waals surface area contributed by atoms with Crippen molar-refractivity contribution >= 4 is 17.4 Å². The molecule has 0 unspecified atom stereocenters. The minimum atomic E-state index is -0.154. The van der Waals surface area contributed by atoms with Gasteiger partial charge in [-0.3, -0.25) is 9.59 Å². The average molecular weight is 247 g/mol. The summed E-state index contributed by atoms with van der Waals surface area (Å²) in [6.45, 7) is 9.53. The molecule has 0 fully saturated rings. The van der Waals surface area contributed by atoms with Gasteiger partial charge in [0.2, 0.25) is 5.91 Å². The van der Waals surface area contributed by atoms with Gasteiger partial charge in [-0.1, -0.05) is 6.07 Å². The van der Waals surface area contributed by atoms with Crippen LogP contribution in [0.5, 0.6) is 0 Å². The molecule has 1 rings (SSSR count). The van der Waals surface area contributed by atoms with Gasteiger partial charge in [-0.2, -0.15) is 0 Å². The molecule has 3 heteroatoms. The zero-order valence-electron chi connectivity index (χ0n) is 12.0. The highest BCUT2D eigenvalue weighted by molar-refractivity contribution is 6.05. The van der Waals surface area contributed by atoms with Crippen LogP contribution in [0.3, 0.4) is 0 Å². The summed E-state index contributed by atoms with van der Waals surface area (Å²) in [5.41, 5.74) is 5.44. The Kier molecular flexibility index (Phi) is 4.28. The topological polar surface area (TPSA) is 37.4 Å². The maximum Gasteiger partial charge on any atom is 0.234 e. The van der Waals surface area contributed by atoms with E-state index < -0.39 is 0 Å². The minimum Gasteiger partial charge on any atom is -0.315 e. The van der Waals surface area contributed by atoms with E-state index in [1.807, 2.05) is 27.7 Å². The molecule has 1 aromatic carbocycles. The zero-order valence-corrected chi connectivity index (χ0v) is 12.0. The third-order valence-corrected chi connectivity index (χ3v) is 3.44. The summed E-state index contributed by atoms with van der Waals surface area (Å²) in [4.78, 5) is 24.6. The van der Waals surface area contributed by atoms with Crippen molar-refractivity contribution in [3.8, 4) is 0 Å². The molecule has 98 valence electrons. The number of hydrogen-bond acceptors (Lipinski definition) is 2. The molecule has 0 heterocycles. The first-order valence-corrected chi connectivity index (χ1v) is 6.09. The molecule has 1 amide bonds. The molecule has 0 saturated heterocycles. The first kappa shape index (κ1) is 14.4. The summed E-state index contributed by atoms with van der Waals surface area (Å²) in [5.74, 6) is -0.259. The van der Waals surface area contributed by atoms with Gasteiger partial charge in [0.25, 0.3) is 0 Å². The lowest BCUT2D eigenvalue weighted by Gasteiger charge is -2.24. The van der Waals surface area contributed by atoms with Gasteiger partial charge in [0.15, 0.2) is 0 Å². The first-order valence-electron chi connectivity index (χ1n) is 6.09. The fraction of sp³-hybridized carbons (Fsp3) is 0.467. The first-order chi connectivity index (χ1) is 8.25. The van der Waals surface area contributed by atoms with Crippen LogP contribution < -0.4 is 4.90 Å². The predicted molar refractivity (Wildman–Crippen MR) is 74.1 cm³/mol. The van der Waals surface area contributed by atoms with E-state index in [2.05, 4.69) is 6.07 Å². The Morgan fingerprint density at radius 2 is 1.50 bits per heavy atom. The number of benzene rings is 1. The summed E-state index contributed by atoms with van der Waals surface area (Å²) in [5, 5.41) is 0. The zero-order chi connectivity index (χ0) is 14.0. The summed E-state index contributed by atoms with van der Waals surface area (Å²) < 4.78 is 0. The summed E-state index contributed by atoms with van der Waals surface area (Å²) in [7, 11) is 1.74. The van der Waals surface area contributed by atoms with E-state index in [-0.39, 0.29) is 18.1 Å². The molecule has 3 nitrogen and oxygen atoms in total. The van der Waals surface area contributed by atoms with Crippen molar-refractivity contribution in [2.75, 3.05) is 11.9 Å². The number of ketones is 1. The molecular formula is C15H21NO2. The van der Waals surface area contributed by atoms with Crippen molar-refractivity contribution in [1.82, 2.24) is 0 Å². The highest BCUT2D eigenvalue weighted by Crippen LogP contribution is 2.29. The average Bonchev–Trinajstić information content (AvgIpc) is 2.25. The van der Waals surface area contributed by atoms with Crippen LogP contribution in [0, 0.1) is 27.7 Å². The van der Waals surface area contributed by atoms with Crippen molar-refractivity contribution in [3.63, 3.8) is 0 Å². The van der Waals surface area contributed by atoms with Crippen molar-refractivity contribution in [2.45, 2.75) is 41.0 Å². The van der Waals surface area contributed by atoms with Gasteiger partial charge in [0, 0.05) is 12.7 Å². The largest absolute Gasteiger partial charge is 0.315 e. The Labute approximate surface area is 109 Å². The van der Waals surface area contributed by atoms with Gasteiger partial charge in [0.1, 0.15) is 5.78 Å². The molecule has 0 aliphatic heterocycles. The van der Waals surface area contributed by atoms with Crippen LogP contribution in [0.4, 0.5) is 5.69 Å². The second-order valence-corrected chi connectivity index (χ2v) is 4.94. The fourth-order valence-electron chi connectivity index (χ4n) is 2.16. The molecule has 0 radical (unpaired) electrons. The number of nitrogens with zero attached hydrogens (tertiary/aromatic N) is 1. The van der Waals surface area contributed by atoms with Gasteiger partial charge >= 0.3 is 0 Å². The minimum absolute atomic E-state index is 0.0393. The molecule has 0 aliphatic carbocycles. The van der Waals surface area contributed by atoms with Crippen LogP contribution in [-0.4, -0.2) is 18.7 Å². The van der Waals surface area contributed by atoms with Crippen molar-refractivity contribution in [2.24, 2.45) is 0 Å². The number of amides is 1. The van der Waals surface area contributed by atoms with Gasteiger partial charge in [0.05, 0.1) is 6.42 Å². The van der Waals surface area contributed by atoms with E-state index in [0.717, 1.165) is 27.9 Å². The molecule has 1 aromatic rings. The van der Waals surface area contributed by atoms with Crippen LogP contribution in [-0.2, 0) is 9.59 Å². The fourth-order valence-corrected chi connectivity index (χ4v) is 2.16. The lowest BCUT2D eigenvalue weighted by molar-refractivity contribution is -0.125. The Morgan fingerprint density at radius 3 is 1.89 bits per heavy atom. The number of hydrogen-bond donors (Lipinski definition) is 0. The molecule has 0 atom stereocenters. The van der Waals surface area contributed by atoms with Crippen LogP contribution in [0.15, 0.2) is 6.07 Å². The van der Waals surface area contributed by atoms with Crippen molar-refractivity contribution < 1.29 is 9.59 Å². The van der Waals surface area contributed by atoms with Crippen LogP contribution in [0.25, 0.3) is 0 Å². The van der Waals surface area contributed by atoms with E-state index in [4.69, 9.17) is 0 Å². The van der Waals surface area contributed by atoms with Gasteiger partial charge < -0.3 is 4.90 Å². The normalized spacial score (nSPS) is 10.3. The smallest absolute Gasteiger partial charge is 0.234 e. The van der Waals surface area contributed by atoms with Crippen LogP contribution in [0.1, 0.15) is 35.6 Å². The monoisotopic (exact) mass is 247 g/mol. The van der Waals surface area contributed by atoms with E-state index in [0.29, 0.717) is 0 Å². The number of anilines is 1.